The van der Waals surface area contributed by atoms with Crippen LogP contribution in [0.3, 0.4) is 0 Å². The number of hydrogen-bond donors (Lipinski definition) is 2. The summed E-state index contributed by atoms with van der Waals surface area (Å²) in [6, 6.07) is 36.8. The first-order valence-electron chi connectivity index (χ1n) is 15.8. The Bertz CT molecular complexity index is 1900. The third kappa shape index (κ3) is 5.18. The zero-order valence-electron chi connectivity index (χ0n) is 25.7. The molecule has 2 aliphatic heterocycles. The topological polar surface area (TPSA) is 57.4 Å². The van der Waals surface area contributed by atoms with Crippen LogP contribution in [-0.2, 0) is 6.04 Å². The minimum absolute atomic E-state index is 0.978. The quantitative estimate of drug-likeness (QED) is 0.181. The molecule has 2 aromatic carbocycles. The Morgan fingerprint density at radius 2 is 0.955 bits per heavy atom. The van der Waals surface area contributed by atoms with Gasteiger partial charge in [0.1, 0.15) is 0 Å². The fourth-order valence-corrected chi connectivity index (χ4v) is 10.1. The Morgan fingerprint density at radius 3 is 1.39 bits per heavy atom. The molecule has 0 spiro atoms. The van der Waals surface area contributed by atoms with Crippen molar-refractivity contribution in [3.8, 4) is 22.3 Å². The highest BCUT2D eigenvalue weighted by atomic mass is 28.3. The molecule has 44 heavy (non-hydrogen) atoms. The van der Waals surface area contributed by atoms with Crippen LogP contribution >= 0.6 is 0 Å². The summed E-state index contributed by atoms with van der Waals surface area (Å²) in [5.74, 6) is 0. The predicted molar refractivity (Wildman–Crippen MR) is 191 cm³/mol. The number of H-pyrrole nitrogens is 2. The van der Waals surface area contributed by atoms with Crippen molar-refractivity contribution in [1.82, 2.24) is 19.9 Å². The van der Waals surface area contributed by atoms with Gasteiger partial charge in [0.15, 0.2) is 0 Å². The monoisotopic (exact) mass is 590 g/mol. The number of rotatable bonds is 7. The molecule has 0 saturated heterocycles. The van der Waals surface area contributed by atoms with Crippen LogP contribution in [0.4, 0.5) is 0 Å². The number of aromatic amines is 2. The lowest BCUT2D eigenvalue weighted by Crippen LogP contribution is -2.35. The van der Waals surface area contributed by atoms with E-state index in [9.17, 15) is 0 Å². The molecule has 0 saturated carbocycles. The first kappa shape index (κ1) is 28.1. The van der Waals surface area contributed by atoms with Gasteiger partial charge >= 0.3 is 0 Å². The summed E-state index contributed by atoms with van der Waals surface area (Å²) in [5.41, 5.74) is 14.0. The molecule has 7 rings (SSSR count). The van der Waals surface area contributed by atoms with Crippen molar-refractivity contribution in [3.05, 3.63) is 119 Å². The highest BCUT2D eigenvalue weighted by Crippen LogP contribution is 2.35. The lowest BCUT2D eigenvalue weighted by atomic mass is 10.0. The van der Waals surface area contributed by atoms with Crippen LogP contribution in [0.25, 0.3) is 68.6 Å². The van der Waals surface area contributed by atoms with Crippen LogP contribution < -0.4 is 0 Å². The predicted octanol–water partition coefficient (Wildman–Crippen LogP) is 10.6. The van der Waals surface area contributed by atoms with Crippen molar-refractivity contribution < 1.29 is 0 Å². The van der Waals surface area contributed by atoms with Crippen molar-refractivity contribution in [1.29, 1.82) is 0 Å². The molecule has 5 aromatic rings. The normalized spacial score (nSPS) is 12.6. The van der Waals surface area contributed by atoms with E-state index in [1.165, 1.54) is 23.7 Å². The van der Waals surface area contributed by atoms with Gasteiger partial charge in [-0.25, -0.2) is 9.97 Å². The van der Waals surface area contributed by atoms with Crippen LogP contribution in [0.1, 0.15) is 49.1 Å². The van der Waals surface area contributed by atoms with E-state index in [1.54, 1.807) is 0 Å². The van der Waals surface area contributed by atoms with E-state index in [0.29, 0.717) is 0 Å². The van der Waals surface area contributed by atoms with Crippen molar-refractivity contribution in [2.45, 2.75) is 44.9 Å². The van der Waals surface area contributed by atoms with Crippen LogP contribution in [-0.4, -0.2) is 28.0 Å². The lowest BCUT2D eigenvalue weighted by molar-refractivity contribution is 1.07. The fourth-order valence-electron chi connectivity index (χ4n) is 6.70. The number of hydrogen-bond acceptors (Lipinski definition) is 2. The molecule has 8 bridgehead atoms. The molecule has 3 aromatic heterocycles. The molecule has 218 valence electrons. The second-order valence-electron chi connectivity index (χ2n) is 11.9. The summed E-state index contributed by atoms with van der Waals surface area (Å²) in [4.78, 5) is 18.2. The molecule has 0 aliphatic carbocycles. The standard InChI is InChI=1S/C39H38N4Si/c1-4-44(5-2,6-3)26-31-32-21-23-36(42-32)38(27-13-9-7-10-14-27)34-19-17-29(40-34)25-30-18-20-35(41-30)39(28-15-11-8-12-16-28)37-24-22-33(31)43-37/h7-25,40-41H,4-6,26H2,1-3H3. The van der Waals surface area contributed by atoms with Gasteiger partial charge in [-0.1, -0.05) is 99.6 Å². The van der Waals surface area contributed by atoms with Gasteiger partial charge < -0.3 is 9.97 Å². The van der Waals surface area contributed by atoms with Gasteiger partial charge in [-0.2, -0.15) is 0 Å². The molecule has 5 heterocycles. The van der Waals surface area contributed by atoms with Crippen LogP contribution in [0.2, 0.25) is 18.1 Å². The van der Waals surface area contributed by atoms with E-state index >= 15 is 0 Å². The lowest BCUT2D eigenvalue weighted by Gasteiger charge is -2.28. The minimum atomic E-state index is -1.56. The maximum atomic E-state index is 5.39. The minimum Gasteiger partial charge on any atom is -0.355 e. The van der Waals surface area contributed by atoms with Crippen molar-refractivity contribution in [2.24, 2.45) is 0 Å². The maximum Gasteiger partial charge on any atom is 0.0737 e. The fraction of sp³-hybridized carbons (Fsp3) is 0.179. The Hall–Kier alpha value is -4.74. The first-order valence-corrected chi connectivity index (χ1v) is 18.7. The van der Waals surface area contributed by atoms with Gasteiger partial charge in [0.2, 0.25) is 0 Å². The van der Waals surface area contributed by atoms with Crippen LogP contribution in [0.5, 0.6) is 0 Å². The molecule has 4 nitrogen and oxygen atoms in total. The summed E-state index contributed by atoms with van der Waals surface area (Å²) in [6.45, 7) is 7.15. The van der Waals surface area contributed by atoms with Gasteiger partial charge in [-0.05, 0) is 71.8 Å². The summed E-state index contributed by atoms with van der Waals surface area (Å²) in [6.07, 6.45) is 8.81. The van der Waals surface area contributed by atoms with Gasteiger partial charge in [0.05, 0.1) is 30.8 Å². The molecule has 0 amide bonds. The van der Waals surface area contributed by atoms with E-state index < -0.39 is 8.07 Å². The average molecular weight is 591 g/mol. The highest BCUT2D eigenvalue weighted by molar-refractivity contribution is 6.79. The summed E-state index contributed by atoms with van der Waals surface area (Å²) in [5, 5.41) is 0. The average Bonchev–Trinajstić information content (AvgIpc) is 3.90. The number of aromatic nitrogens is 4. The van der Waals surface area contributed by atoms with Crippen LogP contribution in [0.15, 0.2) is 91.0 Å². The van der Waals surface area contributed by atoms with Gasteiger partial charge in [-0.3, -0.25) is 0 Å². The second-order valence-corrected chi connectivity index (χ2v) is 17.4. The van der Waals surface area contributed by atoms with Crippen LogP contribution in [0, 0.1) is 0 Å². The Kier molecular flexibility index (Phi) is 7.48. The van der Waals surface area contributed by atoms with Gasteiger partial charge in [0.25, 0.3) is 0 Å². The third-order valence-electron chi connectivity index (χ3n) is 9.60. The Morgan fingerprint density at radius 1 is 0.523 bits per heavy atom. The Labute approximate surface area is 260 Å². The first-order chi connectivity index (χ1) is 21.6. The highest BCUT2D eigenvalue weighted by Gasteiger charge is 2.30. The van der Waals surface area contributed by atoms with E-state index in [2.05, 4.69) is 146 Å². The number of fused-ring (bicyclic) bond motifs is 8. The molecular weight excluding hydrogens is 553 g/mol. The largest absolute Gasteiger partial charge is 0.355 e. The molecule has 0 unspecified atom stereocenters. The van der Waals surface area contributed by atoms with Crippen molar-refractivity contribution in [3.63, 3.8) is 0 Å². The zero-order valence-corrected chi connectivity index (χ0v) is 26.7. The smallest absolute Gasteiger partial charge is 0.0737 e. The molecule has 2 aliphatic rings. The van der Waals surface area contributed by atoms with Crippen molar-refractivity contribution >= 4 is 54.4 Å². The third-order valence-corrected chi connectivity index (χ3v) is 15.2. The molecule has 5 heteroatoms. The Balaban J connectivity index is 1.62. The van der Waals surface area contributed by atoms with E-state index in [-0.39, 0.29) is 0 Å². The molecule has 0 fully saturated rings. The molecular formula is C39H38N4Si. The number of nitrogens with one attached hydrogen (secondary N) is 2. The molecule has 0 radical (unpaired) electrons. The van der Waals surface area contributed by atoms with E-state index in [1.807, 2.05) is 0 Å². The summed E-state index contributed by atoms with van der Waals surface area (Å²) in [7, 11) is -1.56. The summed E-state index contributed by atoms with van der Waals surface area (Å²) >= 11 is 0. The van der Waals surface area contributed by atoms with E-state index in [4.69, 9.17) is 9.97 Å². The SMILES string of the molecule is CC[Si](CC)(CC)Cc1c2nc(c(-c3ccccc3)c3ccc(cc4ccc([nH]4)c(-c4ccccc4)c4nc1C=C4)[nH]3)C=C2. The van der Waals surface area contributed by atoms with Crippen molar-refractivity contribution in [2.75, 3.05) is 0 Å². The summed E-state index contributed by atoms with van der Waals surface area (Å²) < 4.78 is 0. The number of benzene rings is 2. The van der Waals surface area contributed by atoms with Gasteiger partial charge in [0, 0.05) is 38.8 Å². The number of nitrogens with zero attached hydrogens (tertiary/aromatic N) is 2. The van der Waals surface area contributed by atoms with E-state index in [0.717, 1.165) is 73.1 Å². The molecule has 0 atom stereocenters. The zero-order chi connectivity index (χ0) is 30.1. The maximum absolute atomic E-state index is 5.39. The molecule has 2 N–H and O–H groups in total. The second kappa shape index (κ2) is 11.7. The van der Waals surface area contributed by atoms with Gasteiger partial charge in [-0.15, -0.1) is 0 Å².